The van der Waals surface area contributed by atoms with E-state index in [1.807, 2.05) is 57.7 Å². The molecule has 1 aliphatic rings. The van der Waals surface area contributed by atoms with E-state index in [2.05, 4.69) is 64.1 Å². The van der Waals surface area contributed by atoms with Gasteiger partial charge >= 0.3 is 0 Å². The maximum absolute atomic E-state index is 13.8. The van der Waals surface area contributed by atoms with Crippen LogP contribution >= 0.6 is 79.4 Å². The van der Waals surface area contributed by atoms with Crippen LogP contribution in [-0.2, 0) is 0 Å². The molecule has 0 saturated heterocycles. The quantitative estimate of drug-likeness (QED) is 0.184. The highest BCUT2D eigenvalue weighted by Gasteiger charge is 2.38. The van der Waals surface area contributed by atoms with Crippen molar-refractivity contribution in [2.45, 2.75) is 34.6 Å². The first-order valence-corrected chi connectivity index (χ1v) is 19.8. The molecule has 7 heterocycles. The minimum Gasteiger partial charge on any atom is -0.288 e. The summed E-state index contributed by atoms with van der Waals surface area (Å²) in [5.74, 6) is 0.00611. The van der Waals surface area contributed by atoms with Crippen molar-refractivity contribution in [3.05, 3.63) is 87.7 Å². The van der Waals surface area contributed by atoms with Crippen molar-refractivity contribution in [1.29, 1.82) is 0 Å². The number of rotatable bonds is 3. The van der Waals surface area contributed by atoms with Crippen molar-refractivity contribution < 1.29 is 9.59 Å². The van der Waals surface area contributed by atoms with Gasteiger partial charge in [-0.25, -0.2) is 0 Å². The lowest BCUT2D eigenvalue weighted by molar-refractivity contribution is 0.0986. The Kier molecular flexibility index (Phi) is 6.02. The average Bonchev–Trinajstić information content (AvgIpc) is 3.81. The van der Waals surface area contributed by atoms with Crippen LogP contribution < -0.4 is 0 Å². The molecule has 0 unspecified atom stereocenters. The first kappa shape index (κ1) is 27.5. The van der Waals surface area contributed by atoms with Gasteiger partial charge in [0.25, 0.3) is 0 Å². The lowest BCUT2D eigenvalue weighted by atomic mass is 9.91. The third-order valence-electron chi connectivity index (χ3n) is 8.34. The van der Waals surface area contributed by atoms with Crippen LogP contribution in [0.25, 0.3) is 60.9 Å². The van der Waals surface area contributed by atoms with E-state index >= 15 is 0 Å². The summed E-state index contributed by atoms with van der Waals surface area (Å²) in [6.45, 7) is 10.6. The predicted molar refractivity (Wildman–Crippen MR) is 197 cm³/mol. The van der Waals surface area contributed by atoms with Gasteiger partial charge in [-0.3, -0.25) is 9.59 Å². The maximum atomic E-state index is 13.8. The summed E-state index contributed by atoms with van der Waals surface area (Å²) in [5, 5.41) is 5.52. The fraction of sp³-hybridized carbons (Fsp3) is 0.143. The number of carbonyl (C=O) groups excluding carboxylic acids is 2. The van der Waals surface area contributed by atoms with Crippen molar-refractivity contribution in [2.24, 2.45) is 0 Å². The van der Waals surface area contributed by atoms with Crippen molar-refractivity contribution in [1.82, 2.24) is 0 Å². The molecule has 0 fully saturated rings. The van der Waals surface area contributed by atoms with Crippen LogP contribution in [0.3, 0.4) is 0 Å². The molecule has 8 aromatic rings. The largest absolute Gasteiger partial charge is 0.288 e. The standard InChI is InChI=1S/C35H22O2S7/c1-13-12-38-33-23(13)28(36)34-27(29(33)37)24-17(5)42-32(35(24)44-34)22-11-19-26(21-9-7-15(3)40-21)30-18(10-16(4)41-30)25(31(19)43-22)20-8-6-14(2)39-20/h6-12H,1-5H3. The van der Waals surface area contributed by atoms with Gasteiger partial charge in [0.15, 0.2) is 0 Å². The summed E-state index contributed by atoms with van der Waals surface area (Å²) >= 11 is 12.1. The molecule has 0 bridgehead atoms. The van der Waals surface area contributed by atoms with Gasteiger partial charge in [-0.2, -0.15) is 0 Å². The maximum Gasteiger partial charge on any atom is 0.205 e. The van der Waals surface area contributed by atoms with Gasteiger partial charge in [0.2, 0.25) is 11.6 Å². The molecule has 1 aromatic carbocycles. The van der Waals surface area contributed by atoms with Gasteiger partial charge in [-0.1, -0.05) is 0 Å². The summed E-state index contributed by atoms with van der Waals surface area (Å²) in [5.41, 5.74) is 4.76. The highest BCUT2D eigenvalue weighted by molar-refractivity contribution is 7.32. The first-order valence-electron chi connectivity index (χ1n) is 14.1. The first-order chi connectivity index (χ1) is 21.2. The Morgan fingerprint density at radius 1 is 0.500 bits per heavy atom. The second-order valence-corrected chi connectivity index (χ2v) is 19.3. The molecule has 0 saturated carbocycles. The smallest absolute Gasteiger partial charge is 0.205 e. The molecule has 0 atom stereocenters. The van der Waals surface area contributed by atoms with Crippen LogP contribution in [0.2, 0.25) is 0 Å². The Balaban J connectivity index is 1.36. The van der Waals surface area contributed by atoms with Crippen LogP contribution in [0.4, 0.5) is 0 Å². The van der Waals surface area contributed by atoms with Gasteiger partial charge in [0, 0.05) is 76.4 Å². The van der Waals surface area contributed by atoms with Crippen molar-refractivity contribution >= 4 is 121 Å². The van der Waals surface area contributed by atoms with Crippen molar-refractivity contribution in [3.8, 4) is 30.6 Å². The van der Waals surface area contributed by atoms with E-state index in [0.717, 1.165) is 20.5 Å². The molecule has 0 aliphatic heterocycles. The van der Waals surface area contributed by atoms with E-state index in [0.29, 0.717) is 20.9 Å². The highest BCUT2D eigenvalue weighted by Crippen LogP contribution is 2.56. The summed E-state index contributed by atoms with van der Waals surface area (Å²) in [6.07, 6.45) is 0. The minimum absolute atomic E-state index is 0.00236. The predicted octanol–water partition coefficient (Wildman–Crippen LogP) is 12.9. The Morgan fingerprint density at radius 2 is 1.14 bits per heavy atom. The molecule has 44 heavy (non-hydrogen) atoms. The second kappa shape index (κ2) is 9.62. The van der Waals surface area contributed by atoms with Gasteiger partial charge < -0.3 is 0 Å². The third-order valence-corrected chi connectivity index (χ3v) is 16.3. The van der Waals surface area contributed by atoms with E-state index in [1.165, 1.54) is 88.1 Å². The van der Waals surface area contributed by atoms with Crippen molar-refractivity contribution in [2.75, 3.05) is 0 Å². The molecule has 1 aliphatic carbocycles. The van der Waals surface area contributed by atoms with Gasteiger partial charge in [0.1, 0.15) is 0 Å². The third kappa shape index (κ3) is 3.72. The monoisotopic (exact) mass is 698 g/mol. The summed E-state index contributed by atoms with van der Waals surface area (Å²) < 4.78 is 3.72. The SMILES string of the molecule is Cc1ccc(-c2c3cc(-c4sc(C)c5c6c(sc45)C(=O)c4c(C)csc4C6=O)sc3c(-c3ccc(C)s3)c3cc(C)sc23)s1. The minimum atomic E-state index is 0.00236. The van der Waals surface area contributed by atoms with E-state index < -0.39 is 0 Å². The summed E-state index contributed by atoms with van der Waals surface area (Å²) in [7, 11) is 0. The average molecular weight is 699 g/mol. The molecule has 0 spiro atoms. The zero-order chi connectivity index (χ0) is 30.2. The number of carbonyl (C=O) groups is 2. The lowest BCUT2D eigenvalue weighted by Crippen LogP contribution is -2.17. The van der Waals surface area contributed by atoms with Gasteiger partial charge in [-0.05, 0) is 82.0 Å². The van der Waals surface area contributed by atoms with E-state index in [1.54, 1.807) is 11.3 Å². The number of hydrogen-bond donors (Lipinski definition) is 0. The fourth-order valence-electron chi connectivity index (χ4n) is 6.47. The summed E-state index contributed by atoms with van der Waals surface area (Å²) in [4.78, 5) is 38.7. The molecule has 9 rings (SSSR count). The number of benzene rings is 1. The number of thiophene rings is 7. The van der Waals surface area contributed by atoms with E-state index in [4.69, 9.17) is 0 Å². The molecule has 2 nitrogen and oxygen atoms in total. The van der Waals surface area contributed by atoms with Gasteiger partial charge in [0.05, 0.1) is 24.9 Å². The Labute approximate surface area is 281 Å². The van der Waals surface area contributed by atoms with Crippen LogP contribution in [0.5, 0.6) is 0 Å². The number of aryl methyl sites for hydroxylation is 5. The highest BCUT2D eigenvalue weighted by atomic mass is 32.1. The van der Waals surface area contributed by atoms with E-state index in [-0.39, 0.29) is 11.6 Å². The van der Waals surface area contributed by atoms with Crippen LogP contribution in [-0.4, -0.2) is 11.6 Å². The Morgan fingerprint density at radius 3 is 1.80 bits per heavy atom. The Bertz CT molecular complexity index is 2450. The van der Waals surface area contributed by atoms with E-state index in [9.17, 15) is 9.59 Å². The molecule has 0 amide bonds. The van der Waals surface area contributed by atoms with Gasteiger partial charge in [-0.15, -0.1) is 79.4 Å². The molecule has 0 radical (unpaired) electrons. The van der Waals surface area contributed by atoms with Crippen molar-refractivity contribution in [3.63, 3.8) is 0 Å². The molecular weight excluding hydrogens is 677 g/mol. The second-order valence-electron chi connectivity index (χ2n) is 11.3. The fourth-order valence-corrected chi connectivity index (χ4v) is 14.6. The zero-order valence-electron chi connectivity index (χ0n) is 24.2. The molecule has 7 aromatic heterocycles. The topological polar surface area (TPSA) is 34.1 Å². The lowest BCUT2D eigenvalue weighted by Gasteiger charge is -2.11. The van der Waals surface area contributed by atoms with Crippen LogP contribution in [0.1, 0.15) is 55.5 Å². The Hall–Kier alpha value is -2.76. The molecule has 0 N–H and O–H groups in total. The number of ketones is 2. The summed E-state index contributed by atoms with van der Waals surface area (Å²) in [6, 6.07) is 13.7. The number of hydrogen-bond acceptors (Lipinski definition) is 9. The van der Waals surface area contributed by atoms with Crippen LogP contribution in [0.15, 0.2) is 41.8 Å². The molecular formula is C35H22O2S7. The van der Waals surface area contributed by atoms with Crippen LogP contribution in [0, 0.1) is 34.6 Å². The normalized spacial score (nSPS) is 13.2. The molecule has 9 heteroatoms. The zero-order valence-corrected chi connectivity index (χ0v) is 29.9. The number of fused-ring (bicyclic) bond motifs is 6. The molecule has 216 valence electrons.